The van der Waals surface area contributed by atoms with Crippen molar-refractivity contribution in [1.29, 1.82) is 0 Å². The summed E-state index contributed by atoms with van der Waals surface area (Å²) in [6.45, 7) is 7.83. The maximum Gasteiger partial charge on any atom is 0.411 e. The predicted octanol–water partition coefficient (Wildman–Crippen LogP) is 1.87. The number of rotatable bonds is 0. The van der Waals surface area contributed by atoms with Gasteiger partial charge in [0.15, 0.2) is 0 Å². The Morgan fingerprint density at radius 2 is 2.17 bits per heavy atom. The van der Waals surface area contributed by atoms with Crippen molar-refractivity contribution in [3.8, 4) is 0 Å². The molecule has 0 radical (unpaired) electrons. The van der Waals surface area contributed by atoms with Crippen molar-refractivity contribution in [1.82, 2.24) is 14.9 Å². The number of nitrogen functional groups attached to an aromatic ring is 1. The molecule has 98 valence electrons. The molecule has 0 bridgehead atoms. The summed E-state index contributed by atoms with van der Waals surface area (Å²) in [4.78, 5) is 21.8. The first kappa shape index (κ1) is 12.6. The van der Waals surface area contributed by atoms with Gasteiger partial charge in [-0.3, -0.25) is 4.90 Å². The van der Waals surface area contributed by atoms with E-state index < -0.39 is 5.60 Å². The summed E-state index contributed by atoms with van der Waals surface area (Å²) in [6.07, 6.45) is 1.06. The molecule has 18 heavy (non-hydrogen) atoms. The molecule has 6 nitrogen and oxygen atoms in total. The van der Waals surface area contributed by atoms with E-state index in [2.05, 4.69) is 9.97 Å². The SMILES string of the molecule is CC1c2c(N)ncnc2CN1C(=O)OC(C)(C)C. The molecule has 0 aromatic carbocycles. The van der Waals surface area contributed by atoms with E-state index in [4.69, 9.17) is 10.5 Å². The van der Waals surface area contributed by atoms with Crippen LogP contribution in [0, 0.1) is 0 Å². The average Bonchev–Trinajstić information content (AvgIpc) is 2.55. The highest BCUT2D eigenvalue weighted by Crippen LogP contribution is 2.35. The molecular formula is C12H18N4O2. The first-order valence-corrected chi connectivity index (χ1v) is 5.88. The number of carbonyl (C=O) groups excluding carboxylic acids is 1. The lowest BCUT2D eigenvalue weighted by Crippen LogP contribution is -2.35. The highest BCUT2D eigenvalue weighted by molar-refractivity contribution is 5.70. The molecule has 0 aliphatic carbocycles. The minimum absolute atomic E-state index is 0.156. The summed E-state index contributed by atoms with van der Waals surface area (Å²) in [6, 6.07) is -0.156. The number of hydrogen-bond acceptors (Lipinski definition) is 5. The highest BCUT2D eigenvalue weighted by Gasteiger charge is 2.35. The lowest BCUT2D eigenvalue weighted by Gasteiger charge is -2.27. The zero-order valence-corrected chi connectivity index (χ0v) is 11.1. The van der Waals surface area contributed by atoms with Gasteiger partial charge in [-0.1, -0.05) is 0 Å². The number of fused-ring (bicyclic) bond motifs is 1. The molecule has 1 atom stereocenters. The van der Waals surface area contributed by atoms with Crippen LogP contribution in [0.5, 0.6) is 0 Å². The van der Waals surface area contributed by atoms with E-state index in [1.165, 1.54) is 6.33 Å². The molecule has 6 heteroatoms. The van der Waals surface area contributed by atoms with Crippen LogP contribution < -0.4 is 5.73 Å². The van der Waals surface area contributed by atoms with E-state index in [1.807, 2.05) is 27.7 Å². The van der Waals surface area contributed by atoms with Crippen LogP contribution in [0.4, 0.5) is 10.6 Å². The number of amides is 1. The summed E-state index contributed by atoms with van der Waals surface area (Å²) >= 11 is 0. The van der Waals surface area contributed by atoms with Crippen LogP contribution in [0.3, 0.4) is 0 Å². The van der Waals surface area contributed by atoms with Crippen LogP contribution in [0.2, 0.25) is 0 Å². The van der Waals surface area contributed by atoms with Crippen LogP contribution in [0.25, 0.3) is 0 Å². The van der Waals surface area contributed by atoms with Crippen LogP contribution >= 0.6 is 0 Å². The van der Waals surface area contributed by atoms with Crippen molar-refractivity contribution in [2.75, 3.05) is 5.73 Å². The fourth-order valence-electron chi connectivity index (χ4n) is 2.03. The maximum atomic E-state index is 12.1. The number of aromatic nitrogens is 2. The molecule has 1 amide bonds. The van der Waals surface area contributed by atoms with Gasteiger partial charge in [0.2, 0.25) is 0 Å². The molecule has 2 heterocycles. The number of nitrogens with two attached hydrogens (primary N) is 1. The Bertz CT molecular complexity index is 481. The van der Waals surface area contributed by atoms with E-state index >= 15 is 0 Å². The first-order chi connectivity index (χ1) is 8.29. The van der Waals surface area contributed by atoms with Crippen molar-refractivity contribution < 1.29 is 9.53 Å². The molecule has 2 rings (SSSR count). The Balaban J connectivity index is 2.22. The molecule has 1 aromatic rings. The fourth-order valence-corrected chi connectivity index (χ4v) is 2.03. The Morgan fingerprint density at radius 3 is 2.72 bits per heavy atom. The molecule has 2 N–H and O–H groups in total. The summed E-state index contributed by atoms with van der Waals surface area (Å²) < 4.78 is 5.36. The molecule has 1 aromatic heterocycles. The quantitative estimate of drug-likeness (QED) is 0.760. The van der Waals surface area contributed by atoms with Gasteiger partial charge in [-0.25, -0.2) is 14.8 Å². The van der Waals surface area contributed by atoms with E-state index in [-0.39, 0.29) is 12.1 Å². The standard InChI is InChI=1S/C12H18N4O2/c1-7-9-8(14-6-15-10(9)13)5-16(7)11(17)18-12(2,3)4/h6-7H,5H2,1-4H3,(H2,13,14,15). The topological polar surface area (TPSA) is 81.3 Å². The molecule has 0 saturated carbocycles. The largest absolute Gasteiger partial charge is 0.444 e. The van der Waals surface area contributed by atoms with Gasteiger partial charge in [0.05, 0.1) is 18.3 Å². The van der Waals surface area contributed by atoms with Crippen LogP contribution in [-0.4, -0.2) is 26.6 Å². The van der Waals surface area contributed by atoms with Crippen LogP contribution in [0.1, 0.15) is 45.0 Å². The summed E-state index contributed by atoms with van der Waals surface area (Å²) in [5.41, 5.74) is 6.93. The fraction of sp³-hybridized carbons (Fsp3) is 0.583. The Morgan fingerprint density at radius 1 is 1.50 bits per heavy atom. The first-order valence-electron chi connectivity index (χ1n) is 5.88. The Kier molecular flexibility index (Phi) is 2.88. The van der Waals surface area contributed by atoms with Gasteiger partial charge >= 0.3 is 6.09 Å². The molecule has 1 unspecified atom stereocenters. The predicted molar refractivity (Wildman–Crippen MR) is 66.6 cm³/mol. The summed E-state index contributed by atoms with van der Waals surface area (Å²) in [7, 11) is 0. The third kappa shape index (κ3) is 2.23. The van der Waals surface area contributed by atoms with Crippen molar-refractivity contribution in [2.45, 2.75) is 45.9 Å². The molecule has 1 aliphatic heterocycles. The normalized spacial score (nSPS) is 18.7. The van der Waals surface area contributed by atoms with Crippen molar-refractivity contribution in [3.63, 3.8) is 0 Å². The third-order valence-corrected chi connectivity index (χ3v) is 2.83. The van der Waals surface area contributed by atoms with Gasteiger partial charge in [0.25, 0.3) is 0 Å². The second-order valence-corrected chi connectivity index (χ2v) is 5.40. The number of nitrogens with zero attached hydrogens (tertiary/aromatic N) is 3. The number of hydrogen-bond donors (Lipinski definition) is 1. The zero-order chi connectivity index (χ0) is 13.5. The van der Waals surface area contributed by atoms with Gasteiger partial charge in [-0.2, -0.15) is 0 Å². The molecule has 0 fully saturated rings. The second-order valence-electron chi connectivity index (χ2n) is 5.40. The van der Waals surface area contributed by atoms with E-state index in [9.17, 15) is 4.79 Å². The number of anilines is 1. The van der Waals surface area contributed by atoms with Crippen LogP contribution in [-0.2, 0) is 11.3 Å². The van der Waals surface area contributed by atoms with Crippen molar-refractivity contribution in [2.24, 2.45) is 0 Å². The Labute approximate surface area is 106 Å². The zero-order valence-electron chi connectivity index (χ0n) is 11.1. The van der Waals surface area contributed by atoms with Gasteiger partial charge in [-0.05, 0) is 27.7 Å². The average molecular weight is 250 g/mol. The molecule has 0 saturated heterocycles. The van der Waals surface area contributed by atoms with Gasteiger partial charge in [-0.15, -0.1) is 0 Å². The number of carbonyl (C=O) groups is 1. The third-order valence-electron chi connectivity index (χ3n) is 2.83. The lowest BCUT2D eigenvalue weighted by atomic mass is 10.1. The van der Waals surface area contributed by atoms with Gasteiger partial charge < -0.3 is 10.5 Å². The molecular weight excluding hydrogens is 232 g/mol. The minimum Gasteiger partial charge on any atom is -0.444 e. The number of ether oxygens (including phenoxy) is 1. The molecule has 1 aliphatic rings. The summed E-state index contributed by atoms with van der Waals surface area (Å²) in [5, 5.41) is 0. The van der Waals surface area contributed by atoms with Gasteiger partial charge in [0.1, 0.15) is 17.7 Å². The second kappa shape index (κ2) is 4.12. The highest BCUT2D eigenvalue weighted by atomic mass is 16.6. The lowest BCUT2D eigenvalue weighted by molar-refractivity contribution is 0.0187. The van der Waals surface area contributed by atoms with E-state index in [0.717, 1.165) is 11.3 Å². The Hall–Kier alpha value is -1.85. The van der Waals surface area contributed by atoms with Crippen LogP contribution in [0.15, 0.2) is 6.33 Å². The van der Waals surface area contributed by atoms with E-state index in [1.54, 1.807) is 4.90 Å². The van der Waals surface area contributed by atoms with Gasteiger partial charge in [0, 0.05) is 5.56 Å². The minimum atomic E-state index is -0.511. The molecule has 0 spiro atoms. The van der Waals surface area contributed by atoms with Crippen molar-refractivity contribution >= 4 is 11.9 Å². The smallest absolute Gasteiger partial charge is 0.411 e. The maximum absolute atomic E-state index is 12.1. The summed E-state index contributed by atoms with van der Waals surface area (Å²) in [5.74, 6) is 0.429. The van der Waals surface area contributed by atoms with E-state index in [0.29, 0.717) is 12.4 Å². The monoisotopic (exact) mass is 250 g/mol. The van der Waals surface area contributed by atoms with Crippen molar-refractivity contribution in [3.05, 3.63) is 17.6 Å².